The van der Waals surface area contributed by atoms with Crippen molar-refractivity contribution in [2.45, 2.75) is 6.42 Å². The molecule has 3 aromatic rings. The lowest BCUT2D eigenvalue weighted by Crippen LogP contribution is -2.25. The van der Waals surface area contributed by atoms with E-state index in [1.54, 1.807) is 0 Å². The minimum atomic E-state index is -2.55. The fraction of sp³-hybridized carbons (Fsp3) is 0.412. The van der Waals surface area contributed by atoms with Gasteiger partial charge in [-0.2, -0.15) is 4.98 Å². The van der Waals surface area contributed by atoms with E-state index in [9.17, 15) is 4.39 Å². The van der Waals surface area contributed by atoms with E-state index >= 15 is 0 Å². The highest BCUT2D eigenvalue weighted by Gasteiger charge is 2.55. The molecule has 5 rings (SSSR count). The predicted molar refractivity (Wildman–Crippen MR) is 83.8 cm³/mol. The van der Waals surface area contributed by atoms with Crippen LogP contribution in [0.15, 0.2) is 36.5 Å². The monoisotopic (exact) mass is 297 g/mol. The van der Waals surface area contributed by atoms with Gasteiger partial charge in [0, 0.05) is 19.3 Å². The van der Waals surface area contributed by atoms with Crippen LogP contribution >= 0.6 is 0 Å². The van der Waals surface area contributed by atoms with Crippen LogP contribution in [0.3, 0.4) is 0 Å². The van der Waals surface area contributed by atoms with E-state index in [0.717, 1.165) is 29.9 Å². The number of rotatable bonds is 3. The van der Waals surface area contributed by atoms with Crippen molar-refractivity contribution in [1.29, 1.82) is 0 Å². The van der Waals surface area contributed by atoms with Gasteiger partial charge in [-0.05, 0) is 42.4 Å². The van der Waals surface area contributed by atoms with Crippen LogP contribution in [-0.2, 0) is 0 Å². The summed E-state index contributed by atoms with van der Waals surface area (Å²) in [4.78, 5) is 11.5. The van der Waals surface area contributed by atoms with E-state index in [1.165, 1.54) is 0 Å². The van der Waals surface area contributed by atoms with Gasteiger partial charge in [0.15, 0.2) is 0 Å². The molecule has 1 aromatic carbocycles. The Balaban J connectivity index is 1.38. The van der Waals surface area contributed by atoms with Gasteiger partial charge < -0.3 is 4.90 Å². The van der Waals surface area contributed by atoms with Crippen molar-refractivity contribution >= 4 is 22.6 Å². The number of piperidine rings is 1. The maximum Gasteiger partial charge on any atom is 0.236 e. The van der Waals surface area contributed by atoms with Crippen molar-refractivity contribution < 1.29 is 7.13 Å². The fourth-order valence-electron chi connectivity index (χ4n) is 3.94. The van der Waals surface area contributed by atoms with Crippen LogP contribution < -0.4 is 4.90 Å². The summed E-state index contributed by atoms with van der Waals surface area (Å²) < 4.78 is 29.4. The van der Waals surface area contributed by atoms with Gasteiger partial charge in [0.2, 0.25) is 5.78 Å². The topological polar surface area (TPSA) is 33.4 Å². The molecule has 2 fully saturated rings. The first-order valence-electron chi connectivity index (χ1n) is 8.67. The standard InChI is InChI=1S/C17H17FN4/c18-7-5-11-12-9-21(10-13(11)12)16-6-8-22-15-4-2-1-3-14(15)19-17(22)20-16/h1-4,6,8,11-13H,5,7,9-10H2/i7D2,18-1. The maximum atomic E-state index is 13.2. The minimum Gasteiger partial charge on any atom is -0.356 e. The zero-order valence-electron chi connectivity index (χ0n) is 14.0. The smallest absolute Gasteiger partial charge is 0.236 e. The van der Waals surface area contributed by atoms with Gasteiger partial charge in [0.05, 0.1) is 20.4 Å². The van der Waals surface area contributed by atoms with Crippen molar-refractivity contribution in [3.63, 3.8) is 0 Å². The first kappa shape index (κ1) is 10.5. The number of anilines is 1. The highest BCUT2D eigenvalue weighted by molar-refractivity contribution is 5.79. The Morgan fingerprint density at radius 1 is 1.18 bits per heavy atom. The highest BCUT2D eigenvalue weighted by Crippen LogP contribution is 2.54. The number of halogens is 1. The summed E-state index contributed by atoms with van der Waals surface area (Å²) in [7, 11) is 0. The maximum absolute atomic E-state index is 13.2. The summed E-state index contributed by atoms with van der Waals surface area (Å²) in [5.41, 5.74) is 1.97. The van der Waals surface area contributed by atoms with Gasteiger partial charge in [-0.15, -0.1) is 0 Å². The van der Waals surface area contributed by atoms with Crippen molar-refractivity contribution in [2.24, 2.45) is 17.8 Å². The van der Waals surface area contributed by atoms with Crippen LogP contribution in [0.1, 0.15) is 9.16 Å². The summed E-state index contributed by atoms with van der Waals surface area (Å²) in [6.07, 6.45) is 2.02. The number of aromatic nitrogens is 3. The van der Waals surface area contributed by atoms with Crippen LogP contribution in [0.4, 0.5) is 10.2 Å². The van der Waals surface area contributed by atoms with E-state index in [2.05, 4.69) is 14.9 Å². The normalized spacial score (nSPS) is 28.8. The Morgan fingerprint density at radius 2 is 2.00 bits per heavy atom. The van der Waals surface area contributed by atoms with Crippen LogP contribution in [0.2, 0.25) is 0 Å². The van der Waals surface area contributed by atoms with E-state index in [1.807, 2.05) is 40.9 Å². The second kappa shape index (κ2) is 4.41. The van der Waals surface area contributed by atoms with Crippen molar-refractivity contribution in [3.8, 4) is 0 Å². The number of fused-ring (bicyclic) bond motifs is 4. The number of benzene rings is 1. The highest BCUT2D eigenvalue weighted by atomic mass is 18.2. The third-order valence-corrected chi connectivity index (χ3v) is 5.17. The summed E-state index contributed by atoms with van der Waals surface area (Å²) >= 11 is 0. The molecular formula is C17H17FN4. The number of nitrogens with zero attached hydrogens (tertiary/aromatic N) is 4. The average Bonchev–Trinajstić information content (AvgIpc) is 2.93. The molecule has 1 aliphatic carbocycles. The summed E-state index contributed by atoms with van der Waals surface area (Å²) in [6.45, 7) is -0.892. The molecule has 0 amide bonds. The van der Waals surface area contributed by atoms with Gasteiger partial charge >= 0.3 is 0 Å². The predicted octanol–water partition coefficient (Wildman–Crippen LogP) is 2.92. The Morgan fingerprint density at radius 3 is 2.82 bits per heavy atom. The second-order valence-corrected chi connectivity index (χ2v) is 6.29. The molecule has 5 heteroatoms. The fourth-order valence-corrected chi connectivity index (χ4v) is 3.94. The van der Waals surface area contributed by atoms with Crippen molar-refractivity contribution in [2.75, 3.05) is 24.6 Å². The first-order valence-corrected chi connectivity index (χ1v) is 7.67. The zero-order chi connectivity index (χ0) is 16.5. The van der Waals surface area contributed by atoms with Crippen molar-refractivity contribution in [3.05, 3.63) is 36.5 Å². The lowest BCUT2D eigenvalue weighted by Gasteiger charge is -2.20. The van der Waals surface area contributed by atoms with Crippen LogP contribution in [-0.4, -0.2) is 34.1 Å². The van der Waals surface area contributed by atoms with E-state index < -0.39 is 6.63 Å². The first-order chi connectivity index (χ1) is 11.5. The van der Waals surface area contributed by atoms with E-state index in [-0.39, 0.29) is 12.3 Å². The van der Waals surface area contributed by atoms with E-state index in [0.29, 0.717) is 17.6 Å². The Hall–Kier alpha value is -2.17. The molecule has 0 N–H and O–H groups in total. The lowest BCUT2D eigenvalue weighted by molar-refractivity contribution is 0.431. The Kier molecular flexibility index (Phi) is 2.11. The Labute approximate surface area is 130 Å². The molecule has 1 saturated carbocycles. The number of alkyl halides is 1. The average molecular weight is 297 g/mol. The molecule has 112 valence electrons. The van der Waals surface area contributed by atoms with Crippen molar-refractivity contribution in [1.82, 2.24) is 14.4 Å². The lowest BCUT2D eigenvalue weighted by atomic mass is 10.2. The molecule has 22 heavy (non-hydrogen) atoms. The molecular weight excluding hydrogens is 278 g/mol. The molecule has 1 aliphatic heterocycles. The molecule has 1 saturated heterocycles. The summed E-state index contributed by atoms with van der Waals surface area (Å²) in [5, 5.41) is 0. The van der Waals surface area contributed by atoms with Gasteiger partial charge in [-0.25, -0.2) is 4.98 Å². The number of hydrogen-bond acceptors (Lipinski definition) is 3. The molecule has 2 aliphatic rings. The van der Waals surface area contributed by atoms with Gasteiger partial charge in [-0.1, -0.05) is 12.1 Å². The molecule has 0 spiro atoms. The van der Waals surface area contributed by atoms with Gasteiger partial charge in [0.25, 0.3) is 0 Å². The second-order valence-electron chi connectivity index (χ2n) is 6.29. The molecule has 0 bridgehead atoms. The van der Waals surface area contributed by atoms with Crippen LogP contribution in [0.25, 0.3) is 16.8 Å². The molecule has 2 atom stereocenters. The third-order valence-electron chi connectivity index (χ3n) is 5.17. The molecule has 2 unspecified atom stereocenters. The van der Waals surface area contributed by atoms with Gasteiger partial charge in [0.1, 0.15) is 5.82 Å². The summed E-state index contributed by atoms with van der Waals surface area (Å²) in [6, 6.07) is 9.95. The Bertz CT molecular complexity index is 923. The van der Waals surface area contributed by atoms with E-state index in [4.69, 9.17) is 2.74 Å². The minimum absolute atomic E-state index is 0.0221. The SMILES string of the molecule is [2H]C([2H])([18F])CC1C2CN(c3ccn4c(n3)nc3ccccc34)CC21. The van der Waals surface area contributed by atoms with Gasteiger partial charge in [-0.3, -0.25) is 8.79 Å². The molecule has 0 radical (unpaired) electrons. The summed E-state index contributed by atoms with van der Waals surface area (Å²) in [5.74, 6) is 2.55. The quantitative estimate of drug-likeness (QED) is 0.745. The third kappa shape index (κ3) is 1.68. The molecule has 4 nitrogen and oxygen atoms in total. The zero-order valence-corrected chi connectivity index (χ0v) is 12.0. The van der Waals surface area contributed by atoms with Crippen LogP contribution in [0, 0.1) is 17.8 Å². The van der Waals surface area contributed by atoms with Crippen LogP contribution in [0.5, 0.6) is 0 Å². The molecule has 2 aromatic heterocycles. The number of para-hydroxylation sites is 2. The largest absolute Gasteiger partial charge is 0.356 e. The molecule has 3 heterocycles. The number of imidazole rings is 1. The number of hydrogen-bond donors (Lipinski definition) is 0.